The van der Waals surface area contributed by atoms with Crippen molar-refractivity contribution in [2.24, 2.45) is 14.1 Å². The van der Waals surface area contributed by atoms with Crippen molar-refractivity contribution >= 4 is 10.0 Å². The van der Waals surface area contributed by atoms with Crippen LogP contribution in [0, 0.1) is 0 Å². The molecule has 1 aromatic heterocycles. The lowest BCUT2D eigenvalue weighted by molar-refractivity contribution is 0.0761. The van der Waals surface area contributed by atoms with Crippen LogP contribution in [-0.4, -0.2) is 50.0 Å². The Morgan fingerprint density at radius 2 is 2.00 bits per heavy atom. The number of nitrogens with one attached hydrogen (secondary N) is 1. The molecule has 2 heterocycles. The molecule has 1 fully saturated rings. The molecule has 1 N–H and O–H groups in total. The molecule has 2 rings (SSSR count). The molecule has 1 aliphatic heterocycles. The summed E-state index contributed by atoms with van der Waals surface area (Å²) in [5, 5.41) is 0. The van der Waals surface area contributed by atoms with Crippen LogP contribution < -0.4 is 16.0 Å². The molecule has 0 amide bonds. The molecular formula is C11H17N3O6S. The molecule has 0 spiro atoms. The maximum absolute atomic E-state index is 12.3. The predicted octanol–water partition coefficient (Wildman–Crippen LogP) is -2.22. The van der Waals surface area contributed by atoms with Gasteiger partial charge in [0.2, 0.25) is 10.0 Å². The molecule has 21 heavy (non-hydrogen) atoms. The van der Waals surface area contributed by atoms with Gasteiger partial charge in [-0.15, -0.1) is 0 Å². The molecule has 1 aliphatic rings. The monoisotopic (exact) mass is 319 g/mol. The Hall–Kier alpha value is -1.49. The third-order valence-corrected chi connectivity index (χ3v) is 4.81. The standard InChI is InChI=1S/C11H17N3O6S/c1-13-4-9(10(15)14(2)11(13)16)21(17,18)12-7-5-20-6-8(7)19-3/h4,7-8,12H,5-6H2,1-3H3/t7-,8-/m0/s1. The van der Waals surface area contributed by atoms with Gasteiger partial charge in [-0.1, -0.05) is 0 Å². The van der Waals surface area contributed by atoms with Crippen molar-refractivity contribution in [2.45, 2.75) is 17.0 Å². The van der Waals surface area contributed by atoms with Crippen LogP contribution in [0.4, 0.5) is 0 Å². The van der Waals surface area contributed by atoms with Crippen LogP contribution in [0.5, 0.6) is 0 Å². The summed E-state index contributed by atoms with van der Waals surface area (Å²) in [5.41, 5.74) is -1.48. The highest BCUT2D eigenvalue weighted by atomic mass is 32.2. The number of nitrogens with zero attached hydrogens (tertiary/aromatic N) is 2. The molecule has 0 aliphatic carbocycles. The van der Waals surface area contributed by atoms with Crippen molar-refractivity contribution in [3.05, 3.63) is 27.0 Å². The minimum atomic E-state index is -4.08. The van der Waals surface area contributed by atoms with E-state index in [1.54, 1.807) is 0 Å². The minimum Gasteiger partial charge on any atom is -0.377 e. The smallest absolute Gasteiger partial charge is 0.330 e. The van der Waals surface area contributed by atoms with Crippen molar-refractivity contribution in [1.82, 2.24) is 13.9 Å². The van der Waals surface area contributed by atoms with Gasteiger partial charge in [0, 0.05) is 27.4 Å². The van der Waals surface area contributed by atoms with Crippen LogP contribution >= 0.6 is 0 Å². The fraction of sp³-hybridized carbons (Fsp3) is 0.636. The summed E-state index contributed by atoms with van der Waals surface area (Å²) in [4.78, 5) is 23.1. The lowest BCUT2D eigenvalue weighted by atomic mass is 10.2. The maximum atomic E-state index is 12.3. The first-order valence-electron chi connectivity index (χ1n) is 6.17. The number of sulfonamides is 1. The third kappa shape index (κ3) is 2.93. The summed E-state index contributed by atoms with van der Waals surface area (Å²) in [7, 11) is -0.0369. The van der Waals surface area contributed by atoms with Crippen LogP contribution in [0.15, 0.2) is 20.7 Å². The molecular weight excluding hydrogens is 302 g/mol. The fourth-order valence-corrected chi connectivity index (χ4v) is 3.51. The van der Waals surface area contributed by atoms with E-state index in [1.807, 2.05) is 0 Å². The lowest BCUT2D eigenvalue weighted by Gasteiger charge is -2.17. The van der Waals surface area contributed by atoms with Crippen molar-refractivity contribution in [3.63, 3.8) is 0 Å². The van der Waals surface area contributed by atoms with Gasteiger partial charge in [0.1, 0.15) is 0 Å². The molecule has 1 saturated heterocycles. The van der Waals surface area contributed by atoms with Gasteiger partial charge >= 0.3 is 5.69 Å². The summed E-state index contributed by atoms with van der Waals surface area (Å²) in [5.74, 6) is 0. The SMILES string of the molecule is CO[C@H]1COC[C@@H]1NS(=O)(=O)c1cn(C)c(=O)n(C)c1=O. The largest absolute Gasteiger partial charge is 0.377 e. The second-order valence-corrected chi connectivity index (χ2v) is 6.47. The Bertz CT molecular complexity index is 750. The fourth-order valence-electron chi connectivity index (χ4n) is 2.10. The van der Waals surface area contributed by atoms with Crippen LogP contribution in [0.25, 0.3) is 0 Å². The second-order valence-electron chi connectivity index (χ2n) is 4.79. The third-order valence-electron chi connectivity index (χ3n) is 3.34. The number of aromatic nitrogens is 2. The maximum Gasteiger partial charge on any atom is 0.330 e. The second kappa shape index (κ2) is 5.72. The Labute approximate surface area is 121 Å². The number of hydrogen-bond donors (Lipinski definition) is 1. The van der Waals surface area contributed by atoms with Gasteiger partial charge in [0.25, 0.3) is 5.56 Å². The highest BCUT2D eigenvalue weighted by Gasteiger charge is 2.33. The molecule has 0 aromatic carbocycles. The van der Waals surface area contributed by atoms with E-state index in [1.165, 1.54) is 21.2 Å². The number of ether oxygens (including phenoxy) is 2. The Kier molecular flexibility index (Phi) is 4.33. The molecule has 0 radical (unpaired) electrons. The van der Waals surface area contributed by atoms with Crippen LogP contribution in [0.3, 0.4) is 0 Å². The number of aryl methyl sites for hydroxylation is 1. The average Bonchev–Trinajstić information content (AvgIpc) is 2.86. The van der Waals surface area contributed by atoms with Gasteiger partial charge in [0.05, 0.1) is 25.4 Å². The number of rotatable bonds is 4. The van der Waals surface area contributed by atoms with Crippen molar-refractivity contribution < 1.29 is 17.9 Å². The van der Waals surface area contributed by atoms with Crippen molar-refractivity contribution in [3.8, 4) is 0 Å². The van der Waals surface area contributed by atoms with Crippen LogP contribution in [-0.2, 0) is 33.6 Å². The van der Waals surface area contributed by atoms with Crippen molar-refractivity contribution in [2.75, 3.05) is 20.3 Å². The van der Waals surface area contributed by atoms with Gasteiger partial charge in [-0.2, -0.15) is 0 Å². The van der Waals surface area contributed by atoms with Gasteiger partial charge in [-0.05, 0) is 0 Å². The molecule has 118 valence electrons. The zero-order valence-corrected chi connectivity index (χ0v) is 12.7. The Balaban J connectivity index is 2.41. The average molecular weight is 319 g/mol. The molecule has 0 saturated carbocycles. The first kappa shape index (κ1) is 15.9. The zero-order chi connectivity index (χ0) is 15.8. The lowest BCUT2D eigenvalue weighted by Crippen LogP contribution is -2.47. The van der Waals surface area contributed by atoms with E-state index in [4.69, 9.17) is 9.47 Å². The van der Waals surface area contributed by atoms with E-state index in [9.17, 15) is 18.0 Å². The topological polar surface area (TPSA) is 109 Å². The summed E-state index contributed by atoms with van der Waals surface area (Å²) >= 11 is 0. The van der Waals surface area contributed by atoms with Gasteiger partial charge in [-0.25, -0.2) is 17.9 Å². The minimum absolute atomic E-state index is 0.157. The van der Waals surface area contributed by atoms with Crippen LogP contribution in [0.2, 0.25) is 0 Å². The predicted molar refractivity (Wildman–Crippen MR) is 72.6 cm³/mol. The van der Waals surface area contributed by atoms with E-state index in [0.717, 1.165) is 15.3 Å². The van der Waals surface area contributed by atoms with E-state index in [2.05, 4.69) is 4.72 Å². The van der Waals surface area contributed by atoms with E-state index >= 15 is 0 Å². The summed E-state index contributed by atoms with van der Waals surface area (Å²) in [6.45, 7) is 0.429. The Morgan fingerprint density at radius 3 is 2.62 bits per heavy atom. The molecule has 2 atom stereocenters. The Morgan fingerprint density at radius 1 is 1.33 bits per heavy atom. The number of hydrogen-bond acceptors (Lipinski definition) is 6. The molecule has 0 bridgehead atoms. The molecule has 10 heteroatoms. The summed E-state index contributed by atoms with van der Waals surface area (Å²) in [6.07, 6.45) is 0.584. The van der Waals surface area contributed by atoms with E-state index in [0.29, 0.717) is 0 Å². The highest BCUT2D eigenvalue weighted by Crippen LogP contribution is 2.12. The quantitative estimate of drug-likeness (QED) is 0.673. The molecule has 1 aromatic rings. The number of methoxy groups -OCH3 is 1. The molecule has 9 nitrogen and oxygen atoms in total. The first-order valence-corrected chi connectivity index (χ1v) is 7.65. The van der Waals surface area contributed by atoms with E-state index in [-0.39, 0.29) is 13.2 Å². The first-order chi connectivity index (χ1) is 9.77. The summed E-state index contributed by atoms with van der Waals surface area (Å²) < 4.78 is 39.1. The normalized spacial score (nSPS) is 22.6. The highest BCUT2D eigenvalue weighted by molar-refractivity contribution is 7.89. The molecule has 0 unspecified atom stereocenters. The van der Waals surface area contributed by atoms with Gasteiger partial charge < -0.3 is 14.0 Å². The zero-order valence-electron chi connectivity index (χ0n) is 11.9. The summed E-state index contributed by atoms with van der Waals surface area (Å²) in [6, 6.07) is -0.582. The van der Waals surface area contributed by atoms with Gasteiger partial charge in [0.15, 0.2) is 4.90 Å². The van der Waals surface area contributed by atoms with E-state index < -0.39 is 38.3 Å². The van der Waals surface area contributed by atoms with Crippen molar-refractivity contribution in [1.29, 1.82) is 0 Å². The van der Waals surface area contributed by atoms with Gasteiger partial charge in [-0.3, -0.25) is 9.36 Å². The van der Waals surface area contributed by atoms with Crippen LogP contribution in [0.1, 0.15) is 0 Å².